The van der Waals surface area contributed by atoms with Gasteiger partial charge in [0, 0.05) is 38.1 Å². The Labute approximate surface area is 212 Å². The molecule has 1 aliphatic heterocycles. The maximum Gasteiger partial charge on any atom is 0.435 e. The fraction of sp³-hybridized carbons (Fsp3) is 0.609. The Morgan fingerprint density at radius 1 is 1.08 bits per heavy atom. The van der Waals surface area contributed by atoms with Gasteiger partial charge < -0.3 is 19.9 Å². The summed E-state index contributed by atoms with van der Waals surface area (Å²) < 4.78 is 46.4. The van der Waals surface area contributed by atoms with Gasteiger partial charge in [-0.2, -0.15) is 23.4 Å². The molecule has 1 N–H and O–H groups in total. The molecule has 3 heterocycles. The van der Waals surface area contributed by atoms with Gasteiger partial charge in [-0.05, 0) is 33.8 Å². The summed E-state index contributed by atoms with van der Waals surface area (Å²) >= 11 is 0. The fourth-order valence-corrected chi connectivity index (χ4v) is 3.94. The zero-order valence-electron chi connectivity index (χ0n) is 21.5. The molecule has 1 saturated heterocycles. The van der Waals surface area contributed by atoms with Crippen molar-refractivity contribution < 1.29 is 32.3 Å². The maximum absolute atomic E-state index is 13.0. The first-order valence-corrected chi connectivity index (χ1v) is 12.0. The maximum atomic E-state index is 13.0. The standard InChI is InChI=1S/C23H32F3N7O4/c1-6-37-22(36)31-9-7-30(8-10-31)21(35)17(5)33-13-18(16(4)28-33)27-20(34)14(2)12-32-15(3)11-19(29-32)23(24,25)26/h11,13-14,17H,6-10,12H2,1-5H3,(H,27,34). The van der Waals surface area contributed by atoms with Crippen LogP contribution in [0.5, 0.6) is 0 Å². The van der Waals surface area contributed by atoms with E-state index < -0.39 is 35.8 Å². The minimum Gasteiger partial charge on any atom is -0.450 e. The number of carbonyl (C=O) groups excluding carboxylic acids is 3. The summed E-state index contributed by atoms with van der Waals surface area (Å²) in [6.45, 7) is 9.92. The summed E-state index contributed by atoms with van der Waals surface area (Å²) in [7, 11) is 0. The number of anilines is 1. The summed E-state index contributed by atoms with van der Waals surface area (Å²) in [5, 5.41) is 10.7. The van der Waals surface area contributed by atoms with Crippen molar-refractivity contribution in [3.05, 3.63) is 29.3 Å². The zero-order valence-corrected chi connectivity index (χ0v) is 21.5. The van der Waals surface area contributed by atoms with Gasteiger partial charge in [-0.25, -0.2) is 4.79 Å². The highest BCUT2D eigenvalue weighted by molar-refractivity contribution is 5.92. The number of amides is 3. The molecule has 2 atom stereocenters. The van der Waals surface area contributed by atoms with Gasteiger partial charge in [0.2, 0.25) is 11.8 Å². The minimum atomic E-state index is -4.56. The molecule has 204 valence electrons. The number of rotatable bonds is 7. The molecule has 0 aromatic carbocycles. The molecule has 14 heteroatoms. The van der Waals surface area contributed by atoms with Crippen molar-refractivity contribution in [2.45, 2.75) is 53.4 Å². The Hall–Kier alpha value is -3.58. The van der Waals surface area contributed by atoms with Gasteiger partial charge in [0.05, 0.1) is 30.5 Å². The molecule has 0 saturated carbocycles. The van der Waals surface area contributed by atoms with E-state index in [1.807, 2.05) is 0 Å². The van der Waals surface area contributed by atoms with Crippen molar-refractivity contribution in [1.29, 1.82) is 0 Å². The average Bonchev–Trinajstić information content (AvgIpc) is 3.40. The number of ether oxygens (including phenoxy) is 1. The molecule has 1 fully saturated rings. The lowest BCUT2D eigenvalue weighted by Gasteiger charge is -2.35. The van der Waals surface area contributed by atoms with Crippen LogP contribution >= 0.6 is 0 Å². The number of hydrogen-bond donors (Lipinski definition) is 1. The van der Waals surface area contributed by atoms with Crippen LogP contribution < -0.4 is 5.32 Å². The van der Waals surface area contributed by atoms with Crippen molar-refractivity contribution in [2.75, 3.05) is 38.1 Å². The number of carbonyl (C=O) groups is 3. The predicted molar refractivity (Wildman–Crippen MR) is 127 cm³/mol. The first-order valence-electron chi connectivity index (χ1n) is 12.0. The Morgan fingerprint density at radius 3 is 2.27 bits per heavy atom. The molecule has 0 bridgehead atoms. The monoisotopic (exact) mass is 527 g/mol. The zero-order chi connectivity index (χ0) is 27.5. The van der Waals surface area contributed by atoms with Crippen molar-refractivity contribution >= 4 is 23.6 Å². The second-order valence-corrected chi connectivity index (χ2v) is 9.04. The number of halogens is 3. The lowest BCUT2D eigenvalue weighted by Crippen LogP contribution is -2.52. The van der Waals surface area contributed by atoms with E-state index in [2.05, 4.69) is 15.5 Å². The molecule has 0 radical (unpaired) electrons. The third-order valence-corrected chi connectivity index (χ3v) is 6.21. The van der Waals surface area contributed by atoms with Crippen LogP contribution in [-0.4, -0.2) is 80.1 Å². The van der Waals surface area contributed by atoms with Crippen molar-refractivity contribution in [2.24, 2.45) is 5.92 Å². The highest BCUT2D eigenvalue weighted by Crippen LogP contribution is 2.28. The van der Waals surface area contributed by atoms with Crippen LogP contribution in [0, 0.1) is 19.8 Å². The van der Waals surface area contributed by atoms with Crippen LogP contribution in [0.2, 0.25) is 0 Å². The van der Waals surface area contributed by atoms with E-state index in [1.165, 1.54) is 11.6 Å². The average molecular weight is 528 g/mol. The number of alkyl halides is 3. The molecular weight excluding hydrogens is 495 g/mol. The number of aryl methyl sites for hydroxylation is 2. The van der Waals surface area contributed by atoms with Crippen LogP contribution in [0.15, 0.2) is 12.3 Å². The topological polar surface area (TPSA) is 115 Å². The third kappa shape index (κ3) is 6.60. The van der Waals surface area contributed by atoms with Gasteiger partial charge in [-0.15, -0.1) is 0 Å². The Balaban J connectivity index is 1.59. The first-order chi connectivity index (χ1) is 17.3. The smallest absolute Gasteiger partial charge is 0.435 e. The Kier molecular flexibility index (Phi) is 8.49. The molecule has 2 aromatic rings. The van der Waals surface area contributed by atoms with Gasteiger partial charge >= 0.3 is 12.3 Å². The third-order valence-electron chi connectivity index (χ3n) is 6.21. The van der Waals surface area contributed by atoms with Crippen LogP contribution in [-0.2, 0) is 27.0 Å². The van der Waals surface area contributed by atoms with Gasteiger partial charge in [0.15, 0.2) is 5.69 Å². The van der Waals surface area contributed by atoms with E-state index in [1.54, 1.807) is 43.7 Å². The summed E-state index contributed by atoms with van der Waals surface area (Å²) in [4.78, 5) is 40.8. The summed E-state index contributed by atoms with van der Waals surface area (Å²) in [5.41, 5.74) is 0.181. The SMILES string of the molecule is CCOC(=O)N1CCN(C(=O)C(C)n2cc(NC(=O)C(C)Cn3nc(C(F)(F)F)cc3C)c(C)n2)CC1. The second kappa shape index (κ2) is 11.2. The quantitative estimate of drug-likeness (QED) is 0.592. The second-order valence-electron chi connectivity index (χ2n) is 9.04. The van der Waals surface area contributed by atoms with Gasteiger partial charge in [0.25, 0.3) is 0 Å². The number of nitrogens with zero attached hydrogens (tertiary/aromatic N) is 6. The molecule has 1 aliphatic rings. The highest BCUT2D eigenvalue weighted by Gasteiger charge is 2.35. The summed E-state index contributed by atoms with van der Waals surface area (Å²) in [5.74, 6) is -1.27. The van der Waals surface area contributed by atoms with Crippen molar-refractivity contribution in [1.82, 2.24) is 29.4 Å². The molecule has 2 unspecified atom stereocenters. The molecule has 37 heavy (non-hydrogen) atoms. The largest absolute Gasteiger partial charge is 0.450 e. The van der Waals surface area contributed by atoms with Gasteiger partial charge in [-0.1, -0.05) is 6.92 Å². The van der Waals surface area contributed by atoms with Crippen LogP contribution in [0.4, 0.5) is 23.7 Å². The van der Waals surface area contributed by atoms with E-state index in [9.17, 15) is 27.6 Å². The molecule has 0 spiro atoms. The minimum absolute atomic E-state index is 0.0341. The van der Waals surface area contributed by atoms with E-state index in [0.717, 1.165) is 10.7 Å². The van der Waals surface area contributed by atoms with Crippen molar-refractivity contribution in [3.63, 3.8) is 0 Å². The normalized spacial score (nSPS) is 15.9. The summed E-state index contributed by atoms with van der Waals surface area (Å²) in [6, 6.07) is 0.289. The number of aromatic nitrogens is 4. The van der Waals surface area contributed by atoms with E-state index in [-0.39, 0.29) is 19.1 Å². The lowest BCUT2D eigenvalue weighted by atomic mass is 10.1. The van der Waals surface area contributed by atoms with E-state index in [0.29, 0.717) is 43.3 Å². The van der Waals surface area contributed by atoms with Crippen LogP contribution in [0.25, 0.3) is 0 Å². The Bertz CT molecular complexity index is 1140. The molecule has 0 aliphatic carbocycles. The predicted octanol–water partition coefficient (Wildman–Crippen LogP) is 2.85. The molecule has 2 aromatic heterocycles. The van der Waals surface area contributed by atoms with Gasteiger partial charge in [-0.3, -0.25) is 19.0 Å². The van der Waals surface area contributed by atoms with Gasteiger partial charge in [0.1, 0.15) is 6.04 Å². The number of nitrogens with one attached hydrogen (secondary N) is 1. The fourth-order valence-electron chi connectivity index (χ4n) is 3.94. The summed E-state index contributed by atoms with van der Waals surface area (Å²) in [6.07, 6.45) is -3.41. The van der Waals surface area contributed by atoms with E-state index >= 15 is 0 Å². The lowest BCUT2D eigenvalue weighted by molar-refractivity contribution is -0.141. The van der Waals surface area contributed by atoms with E-state index in [4.69, 9.17) is 4.74 Å². The number of hydrogen-bond acceptors (Lipinski definition) is 6. The number of piperazine rings is 1. The molecular formula is C23H32F3N7O4. The molecule has 3 amide bonds. The van der Waals surface area contributed by atoms with Crippen LogP contribution in [0.1, 0.15) is 43.9 Å². The van der Waals surface area contributed by atoms with Crippen molar-refractivity contribution in [3.8, 4) is 0 Å². The highest BCUT2D eigenvalue weighted by atomic mass is 19.4. The van der Waals surface area contributed by atoms with Crippen LogP contribution in [0.3, 0.4) is 0 Å². The molecule has 11 nitrogen and oxygen atoms in total. The first kappa shape index (κ1) is 28.0. The molecule has 3 rings (SSSR count). The Morgan fingerprint density at radius 2 is 1.70 bits per heavy atom.